The molecule has 0 radical (unpaired) electrons. The molecule has 0 aromatic carbocycles. The van der Waals surface area contributed by atoms with Crippen LogP contribution in [0.15, 0.2) is 0 Å². The van der Waals surface area contributed by atoms with Crippen LogP contribution in [0.25, 0.3) is 0 Å². The van der Waals surface area contributed by atoms with E-state index in [9.17, 15) is 4.39 Å². The Labute approximate surface area is 44.7 Å². The Morgan fingerprint density at radius 2 is 1.14 bits per heavy atom. The van der Waals surface area contributed by atoms with E-state index in [1.165, 1.54) is 0 Å². The number of hydrogen-bond acceptors (Lipinski definition) is 1. The first-order valence-electron chi connectivity index (χ1n) is 2.17. The van der Waals surface area contributed by atoms with Crippen LogP contribution in [-0.4, -0.2) is 12.7 Å². The minimum absolute atomic E-state index is 0. The fourth-order valence-electron chi connectivity index (χ4n) is 0. The third-order valence-electron chi connectivity index (χ3n) is 0. The van der Waals surface area contributed by atoms with Gasteiger partial charge in [0.15, 0.2) is 0 Å². The van der Waals surface area contributed by atoms with Crippen LogP contribution in [0.5, 0.6) is 0 Å². The maximum Gasteiger partial charge on any atom is 0.0785 e. The molecule has 2 heteroatoms. The smallest absolute Gasteiger partial charge is 0.0785 e. The molecule has 0 aromatic heterocycles. The highest BCUT2D eigenvalue weighted by Crippen LogP contribution is 1.88. The number of halogens is 1. The first-order chi connectivity index (χ1) is 3.00. The maximum absolute atomic E-state index is 9.50. The van der Waals surface area contributed by atoms with Gasteiger partial charge in [0.1, 0.15) is 0 Å². The zero-order valence-corrected chi connectivity index (χ0v) is 5.46. The molecular weight excluding hydrogens is 93.1 g/mol. The van der Waals surface area contributed by atoms with Crippen LogP contribution >= 0.6 is 0 Å². The van der Waals surface area contributed by atoms with Crippen LogP contribution in [0.1, 0.15) is 20.8 Å². The summed E-state index contributed by atoms with van der Waals surface area (Å²) in [5.74, 6) is 0. The van der Waals surface area contributed by atoms with Gasteiger partial charge in [0.05, 0.1) is 7.18 Å². The van der Waals surface area contributed by atoms with E-state index < -0.39 is 0 Å². The fourth-order valence-corrected chi connectivity index (χ4v) is 0. The molecule has 0 aliphatic rings. The van der Waals surface area contributed by atoms with E-state index >= 15 is 0 Å². The van der Waals surface area contributed by atoms with Crippen molar-refractivity contribution in [2.45, 2.75) is 26.3 Å². The maximum atomic E-state index is 9.50. The molecule has 46 valence electrons. The summed E-state index contributed by atoms with van der Waals surface area (Å²) in [5, 5.41) is 0. The normalized spacial score (nSPS) is 9.43. The Balaban J connectivity index is 0. The molecule has 0 bridgehead atoms. The lowest BCUT2D eigenvalue weighted by atomic mass is 10.1. The molecule has 0 unspecified atom stereocenters. The second kappa shape index (κ2) is 4.06. The predicted molar refractivity (Wildman–Crippen MR) is 31.0 cm³/mol. The molecular formula is C5H14FN. The second-order valence-electron chi connectivity index (χ2n) is 2.37. The first kappa shape index (κ1) is 10.00. The molecule has 2 N–H and O–H groups in total. The first-order valence-corrected chi connectivity index (χ1v) is 2.17. The SMILES string of the molecule is CC(C)(C)N.CF. The number of nitrogens with two attached hydrogens (primary N) is 1. The predicted octanol–water partition coefficient (Wildman–Crippen LogP) is 1.33. The summed E-state index contributed by atoms with van der Waals surface area (Å²) in [6.07, 6.45) is 0. The Bertz CT molecular complexity index is 23.6. The van der Waals surface area contributed by atoms with Crippen molar-refractivity contribution in [3.05, 3.63) is 0 Å². The molecule has 7 heavy (non-hydrogen) atoms. The van der Waals surface area contributed by atoms with Crippen LogP contribution in [0, 0.1) is 0 Å². The summed E-state index contributed by atoms with van der Waals surface area (Å²) in [7, 11) is 0.500. The van der Waals surface area contributed by atoms with Crippen molar-refractivity contribution in [3.8, 4) is 0 Å². The van der Waals surface area contributed by atoms with Crippen molar-refractivity contribution in [3.63, 3.8) is 0 Å². The Morgan fingerprint density at radius 1 is 1.14 bits per heavy atom. The molecule has 0 saturated heterocycles. The highest BCUT2D eigenvalue weighted by atomic mass is 19.1. The zero-order valence-electron chi connectivity index (χ0n) is 5.46. The zero-order chi connectivity index (χ0) is 6.50. The lowest BCUT2D eigenvalue weighted by molar-refractivity contribution is 0.580. The van der Waals surface area contributed by atoms with Gasteiger partial charge in [0, 0.05) is 5.54 Å². The van der Waals surface area contributed by atoms with Gasteiger partial charge in [-0.25, -0.2) is 0 Å². The lowest BCUT2D eigenvalue weighted by Crippen LogP contribution is -2.26. The van der Waals surface area contributed by atoms with Crippen LogP contribution < -0.4 is 5.73 Å². The fraction of sp³-hybridized carbons (Fsp3) is 1.00. The van der Waals surface area contributed by atoms with Crippen molar-refractivity contribution in [2.75, 3.05) is 7.18 Å². The minimum atomic E-state index is 0. The van der Waals surface area contributed by atoms with Gasteiger partial charge in [-0.1, -0.05) is 0 Å². The topological polar surface area (TPSA) is 26.0 Å². The van der Waals surface area contributed by atoms with Gasteiger partial charge in [-0.15, -0.1) is 0 Å². The highest BCUT2D eigenvalue weighted by Gasteiger charge is 1.95. The van der Waals surface area contributed by atoms with Gasteiger partial charge in [0.2, 0.25) is 0 Å². The Morgan fingerprint density at radius 3 is 1.14 bits per heavy atom. The molecule has 0 aromatic rings. The molecule has 0 amide bonds. The number of alkyl halides is 1. The molecule has 0 rings (SSSR count). The van der Waals surface area contributed by atoms with Crippen molar-refractivity contribution in [1.29, 1.82) is 0 Å². The largest absolute Gasteiger partial charge is 0.326 e. The van der Waals surface area contributed by atoms with Crippen LogP contribution in [0.4, 0.5) is 4.39 Å². The quantitative estimate of drug-likeness (QED) is 0.496. The van der Waals surface area contributed by atoms with Crippen molar-refractivity contribution in [1.82, 2.24) is 0 Å². The Kier molecular flexibility index (Phi) is 5.80. The molecule has 0 atom stereocenters. The van der Waals surface area contributed by atoms with E-state index in [4.69, 9.17) is 5.73 Å². The highest BCUT2D eigenvalue weighted by molar-refractivity contribution is 4.60. The van der Waals surface area contributed by atoms with Crippen LogP contribution in [0.2, 0.25) is 0 Å². The van der Waals surface area contributed by atoms with Crippen molar-refractivity contribution < 1.29 is 4.39 Å². The summed E-state index contributed by atoms with van der Waals surface area (Å²) in [6, 6.07) is 0. The van der Waals surface area contributed by atoms with Gasteiger partial charge in [-0.05, 0) is 20.8 Å². The van der Waals surface area contributed by atoms with Gasteiger partial charge < -0.3 is 5.73 Å². The van der Waals surface area contributed by atoms with Crippen LogP contribution in [-0.2, 0) is 0 Å². The van der Waals surface area contributed by atoms with E-state index in [0.29, 0.717) is 7.18 Å². The van der Waals surface area contributed by atoms with Gasteiger partial charge in [-0.3, -0.25) is 4.39 Å². The summed E-state index contributed by atoms with van der Waals surface area (Å²) in [6.45, 7) is 5.90. The third-order valence-corrected chi connectivity index (χ3v) is 0. The van der Waals surface area contributed by atoms with E-state index in [-0.39, 0.29) is 5.54 Å². The Hall–Kier alpha value is -0.110. The standard InChI is InChI=1S/C4H11N.CH3F/c1-4(2,3)5;1-2/h5H2,1-3H3;1H3. The molecule has 0 spiro atoms. The molecule has 0 aliphatic carbocycles. The lowest BCUT2D eigenvalue weighted by Gasteiger charge is -2.06. The summed E-state index contributed by atoms with van der Waals surface area (Å²) in [4.78, 5) is 0. The summed E-state index contributed by atoms with van der Waals surface area (Å²) >= 11 is 0. The molecule has 1 nitrogen and oxygen atoms in total. The van der Waals surface area contributed by atoms with E-state index in [1.54, 1.807) is 0 Å². The second-order valence-corrected chi connectivity index (χ2v) is 2.37. The minimum Gasteiger partial charge on any atom is -0.326 e. The van der Waals surface area contributed by atoms with E-state index in [0.717, 1.165) is 0 Å². The summed E-state index contributed by atoms with van der Waals surface area (Å²) < 4.78 is 9.50. The molecule has 0 fully saturated rings. The average Bonchev–Trinajstić information content (AvgIpc) is 1.36. The molecule has 0 saturated carbocycles. The molecule has 0 heterocycles. The molecule has 0 aliphatic heterocycles. The van der Waals surface area contributed by atoms with Gasteiger partial charge in [-0.2, -0.15) is 0 Å². The van der Waals surface area contributed by atoms with Crippen LogP contribution in [0.3, 0.4) is 0 Å². The monoisotopic (exact) mass is 107 g/mol. The number of hydrogen-bond donors (Lipinski definition) is 1. The number of rotatable bonds is 0. The van der Waals surface area contributed by atoms with Gasteiger partial charge >= 0.3 is 0 Å². The average molecular weight is 107 g/mol. The van der Waals surface area contributed by atoms with Gasteiger partial charge in [0.25, 0.3) is 0 Å². The third kappa shape index (κ3) is 7370. The summed E-state index contributed by atoms with van der Waals surface area (Å²) in [5.41, 5.74) is 5.35. The van der Waals surface area contributed by atoms with E-state index in [2.05, 4.69) is 0 Å². The van der Waals surface area contributed by atoms with Crippen molar-refractivity contribution in [2.24, 2.45) is 5.73 Å². The van der Waals surface area contributed by atoms with E-state index in [1.807, 2.05) is 20.8 Å². The van der Waals surface area contributed by atoms with Crippen molar-refractivity contribution >= 4 is 0 Å².